The number of hydrogen-bond donors (Lipinski definition) is 0. The molecule has 6 atom stereocenters. The molecule has 4 rings (SSSR count). The first-order valence-corrected chi connectivity index (χ1v) is 11.4. The second-order valence-electron chi connectivity index (χ2n) is 9.60. The summed E-state index contributed by atoms with van der Waals surface area (Å²) >= 11 is 19.8. The third-order valence-electron chi connectivity index (χ3n) is 8.47. The summed E-state index contributed by atoms with van der Waals surface area (Å²) in [5.74, 6) is 1.54. The Balaban J connectivity index is 1.64. The zero-order chi connectivity index (χ0) is 19.6. The molecule has 0 amide bonds. The molecule has 0 aromatic carbocycles. The Bertz CT molecular complexity index is 712. The van der Waals surface area contributed by atoms with Gasteiger partial charge in [-0.15, -0.1) is 0 Å². The van der Waals surface area contributed by atoms with Crippen LogP contribution in [0.25, 0.3) is 0 Å². The Morgan fingerprint density at radius 2 is 1.93 bits per heavy atom. The highest BCUT2D eigenvalue weighted by Crippen LogP contribution is 2.70. The molecule has 0 heterocycles. The topological polar surface area (TPSA) is 26.3 Å². The summed E-state index contributed by atoms with van der Waals surface area (Å²) < 4.78 is 4.67. The molecule has 0 aromatic rings. The molecule has 0 N–H and O–H groups in total. The summed E-state index contributed by atoms with van der Waals surface area (Å²) in [6.07, 6.45) is 9.59. The Kier molecular flexibility index (Phi) is 4.97. The van der Waals surface area contributed by atoms with Crippen LogP contribution in [0.4, 0.5) is 0 Å². The molecule has 1 unspecified atom stereocenters. The highest BCUT2D eigenvalue weighted by molar-refractivity contribution is 6.51. The molecule has 27 heavy (non-hydrogen) atoms. The van der Waals surface area contributed by atoms with Crippen molar-refractivity contribution in [2.24, 2.45) is 28.6 Å². The lowest BCUT2D eigenvalue weighted by atomic mass is 9.48. The highest BCUT2D eigenvalue weighted by Gasteiger charge is 2.65. The van der Waals surface area contributed by atoms with E-state index < -0.39 is 4.33 Å². The van der Waals surface area contributed by atoms with Gasteiger partial charge in [-0.05, 0) is 67.3 Å². The maximum atomic E-state index is 11.4. The van der Waals surface area contributed by atoms with E-state index in [4.69, 9.17) is 39.5 Å². The SMILES string of the molecule is CC(=O)OC1CC[C@@]2(C)C(=CC[C@@H]3[C@@H]2CC[C@@]2(C)[C@H]3C/C(=C\Cl)C2(Cl)Cl)C1. The molecule has 2 nitrogen and oxygen atoms in total. The van der Waals surface area contributed by atoms with E-state index in [0.717, 1.165) is 50.5 Å². The van der Waals surface area contributed by atoms with Gasteiger partial charge in [-0.2, -0.15) is 0 Å². The lowest BCUT2D eigenvalue weighted by Crippen LogP contribution is -2.52. The van der Waals surface area contributed by atoms with Crippen molar-refractivity contribution < 1.29 is 9.53 Å². The van der Waals surface area contributed by atoms with Gasteiger partial charge in [0.25, 0.3) is 0 Å². The molecule has 0 radical (unpaired) electrons. The summed E-state index contributed by atoms with van der Waals surface area (Å²) in [7, 11) is 0. The number of rotatable bonds is 1. The van der Waals surface area contributed by atoms with Crippen LogP contribution in [-0.4, -0.2) is 16.4 Å². The van der Waals surface area contributed by atoms with E-state index in [9.17, 15) is 4.79 Å². The number of alkyl halides is 2. The average Bonchev–Trinajstić information content (AvgIpc) is 2.81. The minimum Gasteiger partial charge on any atom is -0.462 e. The summed E-state index contributed by atoms with van der Waals surface area (Å²) in [5.41, 5.74) is 4.19. The minimum atomic E-state index is -0.859. The van der Waals surface area contributed by atoms with Gasteiger partial charge in [0, 0.05) is 24.3 Å². The zero-order valence-electron chi connectivity index (χ0n) is 16.4. The van der Waals surface area contributed by atoms with Gasteiger partial charge < -0.3 is 4.74 Å². The average molecular weight is 432 g/mol. The van der Waals surface area contributed by atoms with Crippen molar-refractivity contribution in [1.82, 2.24) is 0 Å². The zero-order valence-corrected chi connectivity index (χ0v) is 18.6. The number of fused-ring (bicyclic) bond motifs is 5. The second kappa shape index (κ2) is 6.67. The van der Waals surface area contributed by atoms with Crippen molar-refractivity contribution in [3.05, 3.63) is 22.8 Å². The van der Waals surface area contributed by atoms with Gasteiger partial charge in [-0.25, -0.2) is 0 Å². The molecular weight excluding hydrogens is 403 g/mol. The number of hydrogen-bond acceptors (Lipinski definition) is 2. The maximum absolute atomic E-state index is 11.4. The van der Waals surface area contributed by atoms with E-state index in [2.05, 4.69) is 19.9 Å². The van der Waals surface area contributed by atoms with Crippen LogP contribution in [0.1, 0.15) is 65.7 Å². The quantitative estimate of drug-likeness (QED) is 0.259. The van der Waals surface area contributed by atoms with Crippen LogP contribution < -0.4 is 0 Å². The molecule has 0 spiro atoms. The highest BCUT2D eigenvalue weighted by atomic mass is 35.5. The van der Waals surface area contributed by atoms with E-state index in [-0.39, 0.29) is 22.9 Å². The van der Waals surface area contributed by atoms with Crippen molar-refractivity contribution in [3.8, 4) is 0 Å². The first kappa shape index (κ1) is 20.1. The number of ether oxygens (including phenoxy) is 1. The predicted octanol–water partition coefficient (Wildman–Crippen LogP) is 6.79. The van der Waals surface area contributed by atoms with Crippen LogP contribution in [0.5, 0.6) is 0 Å². The largest absolute Gasteiger partial charge is 0.462 e. The maximum Gasteiger partial charge on any atom is 0.302 e. The number of carbonyl (C=O) groups is 1. The fraction of sp³-hybridized carbons (Fsp3) is 0.773. The Hall–Kier alpha value is -0.180. The fourth-order valence-electron chi connectivity index (χ4n) is 6.89. The third-order valence-corrected chi connectivity index (χ3v) is 10.1. The lowest BCUT2D eigenvalue weighted by molar-refractivity contribution is -0.148. The van der Waals surface area contributed by atoms with Gasteiger partial charge in [0.2, 0.25) is 0 Å². The predicted molar refractivity (Wildman–Crippen MR) is 111 cm³/mol. The second-order valence-corrected chi connectivity index (χ2v) is 11.1. The van der Waals surface area contributed by atoms with Gasteiger partial charge in [-0.1, -0.05) is 60.3 Å². The molecule has 4 aliphatic rings. The van der Waals surface area contributed by atoms with Gasteiger partial charge in [0.05, 0.1) is 0 Å². The Morgan fingerprint density at radius 3 is 2.59 bits per heavy atom. The van der Waals surface area contributed by atoms with Gasteiger partial charge >= 0.3 is 5.97 Å². The van der Waals surface area contributed by atoms with Gasteiger partial charge in [0.1, 0.15) is 10.4 Å². The standard InChI is InChI=1S/C22H29Cl3O2/c1-13(26)27-16-6-8-20(2)14(10-16)4-5-17-18(20)7-9-21(3)19(17)11-15(12-23)22(21,24)25/h4,12,16-19H,5-11H2,1-3H3/b15-12+/t16?,17-,18+,19+,20+,21+/m1/s1. The van der Waals surface area contributed by atoms with E-state index in [0.29, 0.717) is 17.8 Å². The molecule has 0 saturated heterocycles. The first-order valence-electron chi connectivity index (χ1n) is 10.2. The minimum absolute atomic E-state index is 0.0443. The van der Waals surface area contributed by atoms with E-state index in [1.165, 1.54) is 12.5 Å². The molecular formula is C22H29Cl3O2. The van der Waals surface area contributed by atoms with E-state index in [1.807, 2.05) is 0 Å². The van der Waals surface area contributed by atoms with Gasteiger partial charge in [0.15, 0.2) is 0 Å². The van der Waals surface area contributed by atoms with E-state index in [1.54, 1.807) is 5.54 Å². The number of carbonyl (C=O) groups excluding carboxylic acids is 1. The molecule has 3 fully saturated rings. The Labute approximate surface area is 177 Å². The molecule has 0 aliphatic heterocycles. The summed E-state index contributed by atoms with van der Waals surface area (Å²) in [4.78, 5) is 11.4. The first-order chi connectivity index (χ1) is 12.6. The number of esters is 1. The summed E-state index contributed by atoms with van der Waals surface area (Å²) in [6.45, 7) is 6.21. The molecule has 4 aliphatic carbocycles. The molecule has 3 saturated carbocycles. The van der Waals surface area contributed by atoms with Crippen molar-refractivity contribution in [3.63, 3.8) is 0 Å². The third kappa shape index (κ3) is 2.84. The number of halogens is 3. The van der Waals surface area contributed by atoms with Crippen LogP contribution in [-0.2, 0) is 9.53 Å². The van der Waals surface area contributed by atoms with Crippen molar-refractivity contribution in [1.29, 1.82) is 0 Å². The monoisotopic (exact) mass is 430 g/mol. The number of allylic oxidation sites excluding steroid dienone is 2. The lowest BCUT2D eigenvalue weighted by Gasteiger charge is -2.58. The van der Waals surface area contributed by atoms with Gasteiger partial charge in [-0.3, -0.25) is 4.79 Å². The van der Waals surface area contributed by atoms with Crippen LogP contribution in [0.15, 0.2) is 22.8 Å². The van der Waals surface area contributed by atoms with E-state index >= 15 is 0 Å². The fourth-order valence-corrected chi connectivity index (χ4v) is 7.99. The van der Waals surface area contributed by atoms with Crippen molar-refractivity contribution in [2.75, 3.05) is 0 Å². The van der Waals surface area contributed by atoms with Crippen LogP contribution in [0, 0.1) is 28.6 Å². The molecule has 0 bridgehead atoms. The summed E-state index contributed by atoms with van der Waals surface area (Å²) in [6, 6.07) is 0. The Morgan fingerprint density at radius 1 is 1.19 bits per heavy atom. The van der Waals surface area contributed by atoms with Crippen LogP contribution >= 0.6 is 34.8 Å². The molecule has 5 heteroatoms. The van der Waals surface area contributed by atoms with Crippen molar-refractivity contribution in [2.45, 2.75) is 76.2 Å². The smallest absolute Gasteiger partial charge is 0.302 e. The molecule has 0 aromatic heterocycles. The van der Waals surface area contributed by atoms with Crippen LogP contribution in [0.3, 0.4) is 0 Å². The van der Waals surface area contributed by atoms with Crippen LogP contribution in [0.2, 0.25) is 0 Å². The molecule has 150 valence electrons. The normalized spacial score (nSPS) is 46.9. The van der Waals surface area contributed by atoms with Crippen molar-refractivity contribution >= 4 is 40.8 Å². The summed E-state index contributed by atoms with van der Waals surface area (Å²) in [5, 5.41) is 0.